The third-order valence-electron chi connectivity index (χ3n) is 8.19. The number of alkyl halides is 2. The molecular formula is C24H38I2O4. The van der Waals surface area contributed by atoms with Gasteiger partial charge in [0, 0.05) is 10.8 Å². The van der Waals surface area contributed by atoms with Crippen molar-refractivity contribution in [3.63, 3.8) is 0 Å². The second-order valence-corrected chi connectivity index (χ2v) is 14.1. The van der Waals surface area contributed by atoms with E-state index in [1.165, 1.54) is 12.8 Å². The van der Waals surface area contributed by atoms with Crippen LogP contribution in [0.4, 0.5) is 0 Å². The molecule has 2 aliphatic carbocycles. The van der Waals surface area contributed by atoms with Gasteiger partial charge >= 0.3 is 11.9 Å². The molecule has 2 saturated carbocycles. The van der Waals surface area contributed by atoms with Crippen LogP contribution in [0.15, 0.2) is 0 Å². The van der Waals surface area contributed by atoms with Crippen LogP contribution in [0, 0.1) is 34.5 Å². The molecule has 4 rings (SSSR count). The van der Waals surface area contributed by atoms with Gasteiger partial charge in [-0.2, -0.15) is 0 Å². The van der Waals surface area contributed by atoms with Gasteiger partial charge in [-0.3, -0.25) is 9.59 Å². The largest absolute Gasteiger partial charge is 0.461 e. The van der Waals surface area contributed by atoms with Crippen LogP contribution in [0.2, 0.25) is 0 Å². The molecule has 0 spiro atoms. The number of hydrogen-bond donors (Lipinski definition) is 0. The zero-order valence-electron chi connectivity index (χ0n) is 19.3. The van der Waals surface area contributed by atoms with Gasteiger partial charge in [-0.25, -0.2) is 0 Å². The number of carbonyl (C=O) groups is 2. The monoisotopic (exact) mass is 644 g/mol. The first-order chi connectivity index (χ1) is 13.9. The van der Waals surface area contributed by atoms with Crippen molar-refractivity contribution in [3.8, 4) is 0 Å². The molecule has 30 heavy (non-hydrogen) atoms. The van der Waals surface area contributed by atoms with Crippen molar-refractivity contribution in [2.45, 2.75) is 100 Å². The van der Waals surface area contributed by atoms with Crippen molar-refractivity contribution in [2.75, 3.05) is 0 Å². The summed E-state index contributed by atoms with van der Waals surface area (Å²) in [6.07, 6.45) is 6.35. The van der Waals surface area contributed by atoms with E-state index in [4.69, 9.17) is 9.47 Å². The van der Waals surface area contributed by atoms with Crippen molar-refractivity contribution < 1.29 is 19.1 Å². The Kier molecular flexibility index (Phi) is 7.79. The molecule has 2 aliphatic heterocycles. The number of fused-ring (bicyclic) bond motifs is 2. The normalized spacial score (nSPS) is 45.4. The lowest BCUT2D eigenvalue weighted by Crippen LogP contribution is -2.45. The molecule has 0 radical (unpaired) electrons. The van der Waals surface area contributed by atoms with Gasteiger partial charge in [0.1, 0.15) is 12.2 Å². The van der Waals surface area contributed by atoms with Gasteiger partial charge in [-0.15, -0.1) is 0 Å². The molecule has 0 amide bonds. The van der Waals surface area contributed by atoms with Gasteiger partial charge in [0.05, 0.1) is 20.7 Å². The first-order valence-electron chi connectivity index (χ1n) is 11.5. The number of ether oxygens (including phenoxy) is 2. The molecule has 8 atom stereocenters. The fourth-order valence-corrected chi connectivity index (χ4v) is 10.4. The zero-order valence-corrected chi connectivity index (χ0v) is 23.6. The van der Waals surface area contributed by atoms with Crippen LogP contribution < -0.4 is 0 Å². The molecule has 2 heterocycles. The minimum absolute atomic E-state index is 0.00794. The topological polar surface area (TPSA) is 52.6 Å². The molecule has 0 aromatic heterocycles. The number of carbonyl (C=O) groups excluding carboxylic acids is 2. The summed E-state index contributed by atoms with van der Waals surface area (Å²) in [6, 6.07) is 0. The number of hydrogen-bond acceptors (Lipinski definition) is 4. The summed E-state index contributed by atoms with van der Waals surface area (Å²) in [6.45, 7) is 13.5. The van der Waals surface area contributed by atoms with Crippen LogP contribution >= 0.6 is 45.2 Å². The summed E-state index contributed by atoms with van der Waals surface area (Å²) < 4.78 is 12.0. The highest BCUT2D eigenvalue weighted by atomic mass is 127. The third kappa shape index (κ3) is 4.84. The zero-order chi connectivity index (χ0) is 22.4. The summed E-state index contributed by atoms with van der Waals surface area (Å²) >= 11 is 4.99. The Morgan fingerprint density at radius 3 is 1.40 bits per heavy atom. The maximum atomic E-state index is 11.4. The van der Waals surface area contributed by atoms with Gasteiger partial charge in [-0.05, 0) is 49.4 Å². The van der Waals surface area contributed by atoms with Crippen molar-refractivity contribution in [1.82, 2.24) is 0 Å². The Morgan fingerprint density at radius 1 is 0.767 bits per heavy atom. The lowest BCUT2D eigenvalue weighted by atomic mass is 9.67. The van der Waals surface area contributed by atoms with E-state index >= 15 is 0 Å². The summed E-state index contributed by atoms with van der Waals surface area (Å²) in [4.78, 5) is 22.8. The first kappa shape index (κ1) is 25.0. The van der Waals surface area contributed by atoms with Gasteiger partial charge in [0.2, 0.25) is 0 Å². The van der Waals surface area contributed by atoms with E-state index in [2.05, 4.69) is 86.7 Å². The van der Waals surface area contributed by atoms with Crippen LogP contribution in [-0.2, 0) is 19.1 Å². The van der Waals surface area contributed by atoms with E-state index in [0.717, 1.165) is 12.8 Å². The van der Waals surface area contributed by atoms with Gasteiger partial charge in [0.25, 0.3) is 0 Å². The van der Waals surface area contributed by atoms with Crippen LogP contribution in [0.1, 0.15) is 80.1 Å². The second kappa shape index (κ2) is 9.34. The fraction of sp³-hybridized carbons (Fsp3) is 0.917. The highest BCUT2D eigenvalue weighted by molar-refractivity contribution is 14.1. The maximum absolute atomic E-state index is 11.4. The second-order valence-electron chi connectivity index (χ2n) is 11.3. The minimum atomic E-state index is 0.00794. The smallest absolute Gasteiger partial charge is 0.306 e. The first-order valence-corrected chi connectivity index (χ1v) is 14.0. The van der Waals surface area contributed by atoms with Crippen molar-refractivity contribution in [2.24, 2.45) is 34.5 Å². The third-order valence-corrected chi connectivity index (χ3v) is 11.3. The summed E-state index contributed by atoms with van der Waals surface area (Å²) in [5.74, 6) is 2.80. The molecule has 2 saturated heterocycles. The average Bonchev–Trinajstić information content (AvgIpc) is 3.10. The fourth-order valence-electron chi connectivity index (χ4n) is 6.03. The minimum Gasteiger partial charge on any atom is -0.461 e. The number of rotatable bonds is 2. The van der Waals surface area contributed by atoms with Crippen LogP contribution in [-0.4, -0.2) is 32.0 Å². The van der Waals surface area contributed by atoms with E-state index in [1.54, 1.807) is 0 Å². The molecule has 0 aromatic carbocycles. The van der Waals surface area contributed by atoms with E-state index < -0.39 is 0 Å². The molecule has 6 heteroatoms. The van der Waals surface area contributed by atoms with E-state index in [-0.39, 0.29) is 35.0 Å². The predicted octanol–water partition coefficient (Wildman–Crippen LogP) is 6.36. The van der Waals surface area contributed by atoms with Crippen molar-refractivity contribution >= 4 is 57.1 Å². The highest BCUT2D eigenvalue weighted by Crippen LogP contribution is 2.52. The molecule has 172 valence electrons. The predicted molar refractivity (Wildman–Crippen MR) is 136 cm³/mol. The Morgan fingerprint density at radius 2 is 1.10 bits per heavy atom. The standard InChI is InChI=1S/2C12H19IO2/c2*1-7(2)8-4-5-12(3)6-9(14)15-11(12)10(8)13/h2*7-8,10-11H,4-6H2,1-3H3/t2*8-,10-,11+,12+/m00/s1. The molecule has 4 nitrogen and oxygen atoms in total. The summed E-state index contributed by atoms with van der Waals surface area (Å²) in [5.41, 5.74) is 0.239. The maximum Gasteiger partial charge on any atom is 0.306 e. The molecule has 0 N–H and O–H groups in total. The van der Waals surface area contributed by atoms with Gasteiger partial charge < -0.3 is 9.47 Å². The molecule has 4 fully saturated rings. The van der Waals surface area contributed by atoms with E-state index in [0.29, 0.717) is 44.4 Å². The summed E-state index contributed by atoms with van der Waals surface area (Å²) in [5, 5.41) is 0. The quantitative estimate of drug-likeness (QED) is 0.200. The molecule has 4 aliphatic rings. The van der Waals surface area contributed by atoms with Crippen LogP contribution in [0.25, 0.3) is 0 Å². The van der Waals surface area contributed by atoms with Crippen LogP contribution in [0.5, 0.6) is 0 Å². The Balaban J connectivity index is 0.000000171. The average molecular weight is 644 g/mol. The molecule has 0 aromatic rings. The number of halogens is 2. The molecular weight excluding hydrogens is 606 g/mol. The van der Waals surface area contributed by atoms with E-state index in [1.807, 2.05) is 0 Å². The van der Waals surface area contributed by atoms with Crippen molar-refractivity contribution in [3.05, 3.63) is 0 Å². The van der Waals surface area contributed by atoms with Crippen molar-refractivity contribution in [1.29, 1.82) is 0 Å². The lowest BCUT2D eigenvalue weighted by molar-refractivity contribution is -0.143. The van der Waals surface area contributed by atoms with Gasteiger partial charge in [-0.1, -0.05) is 86.7 Å². The van der Waals surface area contributed by atoms with Gasteiger partial charge in [0.15, 0.2) is 0 Å². The van der Waals surface area contributed by atoms with Crippen LogP contribution in [0.3, 0.4) is 0 Å². The Hall–Kier alpha value is 0.400. The molecule has 0 unspecified atom stereocenters. The SMILES string of the molecule is CC(C)[C@@H]1CC[C@]2(C)CC(=O)O[C@@H]2[C@H]1I.CC(C)[C@@H]1CC[C@]2(C)CC(=O)O[C@@H]2[C@H]1I. The Bertz CT molecular complexity index is 610. The Labute approximate surface area is 209 Å². The lowest BCUT2D eigenvalue weighted by Gasteiger charge is -2.43. The highest BCUT2D eigenvalue weighted by Gasteiger charge is 2.54. The molecule has 0 bridgehead atoms. The number of esters is 2. The van der Waals surface area contributed by atoms with E-state index in [9.17, 15) is 9.59 Å². The summed E-state index contributed by atoms with van der Waals surface area (Å²) in [7, 11) is 0.